The highest BCUT2D eigenvalue weighted by Gasteiger charge is 2.74. The first-order valence-electron chi connectivity index (χ1n) is 12.7. The molecule has 0 spiro atoms. The Hall–Kier alpha value is -1.75. The molecule has 11 heteroatoms. The minimum Gasteiger partial charge on any atom is -0.434 e. The van der Waals surface area contributed by atoms with Crippen LogP contribution in [-0.4, -0.2) is 67.3 Å². The summed E-state index contributed by atoms with van der Waals surface area (Å²) < 4.78 is 39.1. The van der Waals surface area contributed by atoms with E-state index in [0.717, 1.165) is 11.8 Å². The molecule has 0 bridgehead atoms. The monoisotopic (exact) mass is 558 g/mol. The van der Waals surface area contributed by atoms with Gasteiger partial charge in [0.15, 0.2) is 11.4 Å². The van der Waals surface area contributed by atoms with Gasteiger partial charge in [-0.3, -0.25) is 13.8 Å². The van der Waals surface area contributed by atoms with Crippen LogP contribution in [-0.2, 0) is 33.4 Å². The zero-order valence-electron chi connectivity index (χ0n) is 21.6. The molecular formula is C26H35ClO9S. The molecular weight excluding hydrogens is 524 g/mol. The Labute approximate surface area is 222 Å². The topological polar surface area (TPSA) is 133 Å². The van der Waals surface area contributed by atoms with Gasteiger partial charge < -0.3 is 14.6 Å². The van der Waals surface area contributed by atoms with E-state index in [2.05, 4.69) is 0 Å². The van der Waals surface area contributed by atoms with Gasteiger partial charge in [-0.15, -0.1) is 11.6 Å². The lowest BCUT2D eigenvalue weighted by Gasteiger charge is -2.64. The fourth-order valence-electron chi connectivity index (χ4n) is 7.52. The smallest absolute Gasteiger partial charge is 0.434 e. The molecule has 0 aromatic heterocycles. The van der Waals surface area contributed by atoms with Gasteiger partial charge in [0, 0.05) is 10.8 Å². The number of alkyl halides is 1. The average Bonchev–Trinajstić information content (AvgIpc) is 3.09. The van der Waals surface area contributed by atoms with Crippen molar-refractivity contribution in [2.45, 2.75) is 75.9 Å². The molecule has 206 valence electrons. The summed E-state index contributed by atoms with van der Waals surface area (Å²) in [4.78, 5) is 37.3. The lowest BCUT2D eigenvalue weighted by atomic mass is 9.45. The Kier molecular flexibility index (Phi) is 7.23. The van der Waals surface area contributed by atoms with Crippen LogP contribution in [0.1, 0.15) is 59.3 Å². The van der Waals surface area contributed by atoms with E-state index in [4.69, 9.17) is 25.3 Å². The van der Waals surface area contributed by atoms with Crippen LogP contribution in [0, 0.1) is 22.7 Å². The third-order valence-corrected chi connectivity index (χ3v) is 10.8. The standard InChI is InChI=1S/C26H35ClO9S/c1-5-12-34-22(31)36-25(21(30)15-35-37(4,32)33)11-9-18-19-7-6-16-13-17(28)8-10-23(16,2)26(19,27)20(29)14-24(18,25)3/h8,10,13,18-20,29H,5-7,9,11-12,14-15H2,1-4H3/t18-,19-,20?,23-,24-,25-,26-/m0/s1. The Balaban J connectivity index is 1.75. The summed E-state index contributed by atoms with van der Waals surface area (Å²) in [5, 5.41) is 11.7. The fraction of sp³-hybridized carbons (Fsp3) is 0.731. The van der Waals surface area contributed by atoms with E-state index in [9.17, 15) is 27.9 Å². The molecule has 1 unspecified atom stereocenters. The number of ether oxygens (including phenoxy) is 2. The molecule has 0 aromatic carbocycles. The quantitative estimate of drug-likeness (QED) is 0.283. The van der Waals surface area contributed by atoms with Crippen molar-refractivity contribution in [3.05, 3.63) is 23.8 Å². The van der Waals surface area contributed by atoms with Crippen LogP contribution < -0.4 is 0 Å². The SMILES string of the molecule is CCCOC(=O)O[C@]1(C(=O)COS(C)(=O)=O)CC[C@H]2[C@@H]3CCC4=CC(=O)C=C[C@]4(C)[C@@]3(Cl)C(O)C[C@@]21C. The van der Waals surface area contributed by atoms with E-state index < -0.39 is 56.1 Å². The van der Waals surface area contributed by atoms with Crippen LogP contribution in [0.15, 0.2) is 23.8 Å². The predicted molar refractivity (Wildman–Crippen MR) is 134 cm³/mol. The van der Waals surface area contributed by atoms with E-state index >= 15 is 0 Å². The van der Waals surface area contributed by atoms with Gasteiger partial charge in [-0.2, -0.15) is 8.42 Å². The molecule has 7 atom stereocenters. The average molecular weight is 559 g/mol. The second-order valence-electron chi connectivity index (χ2n) is 11.2. The molecule has 0 amide bonds. The minimum atomic E-state index is -3.94. The second kappa shape index (κ2) is 9.47. The van der Waals surface area contributed by atoms with Gasteiger partial charge in [0.1, 0.15) is 6.61 Å². The number of allylic oxidation sites excluding steroid dienone is 4. The summed E-state index contributed by atoms with van der Waals surface area (Å²) in [5.41, 5.74) is -2.73. The predicted octanol–water partition coefficient (Wildman–Crippen LogP) is 3.47. The Morgan fingerprint density at radius 3 is 2.57 bits per heavy atom. The molecule has 4 aliphatic carbocycles. The van der Waals surface area contributed by atoms with Crippen molar-refractivity contribution in [3.63, 3.8) is 0 Å². The van der Waals surface area contributed by atoms with Gasteiger partial charge in [0.05, 0.1) is 23.8 Å². The normalized spacial score (nSPS) is 40.8. The van der Waals surface area contributed by atoms with Crippen molar-refractivity contribution >= 4 is 39.4 Å². The number of rotatable bonds is 7. The van der Waals surface area contributed by atoms with Crippen LogP contribution in [0.2, 0.25) is 0 Å². The van der Waals surface area contributed by atoms with Crippen LogP contribution in [0.25, 0.3) is 0 Å². The van der Waals surface area contributed by atoms with Crippen LogP contribution in [0.3, 0.4) is 0 Å². The highest BCUT2D eigenvalue weighted by Crippen LogP contribution is 2.71. The van der Waals surface area contributed by atoms with Crippen molar-refractivity contribution < 1.29 is 41.6 Å². The van der Waals surface area contributed by atoms with Crippen molar-refractivity contribution in [2.24, 2.45) is 22.7 Å². The highest BCUT2D eigenvalue weighted by atomic mass is 35.5. The lowest BCUT2D eigenvalue weighted by molar-refractivity contribution is -0.178. The fourth-order valence-corrected chi connectivity index (χ4v) is 8.36. The molecule has 0 aliphatic heterocycles. The second-order valence-corrected chi connectivity index (χ2v) is 13.5. The number of aliphatic hydroxyl groups is 1. The van der Waals surface area contributed by atoms with Gasteiger partial charge in [-0.1, -0.05) is 32.4 Å². The maximum Gasteiger partial charge on any atom is 0.509 e. The maximum absolute atomic E-state index is 13.7. The van der Waals surface area contributed by atoms with Gasteiger partial charge in [-0.05, 0) is 62.5 Å². The number of hydrogen-bond acceptors (Lipinski definition) is 9. The number of aliphatic hydroxyl groups excluding tert-OH is 1. The molecule has 9 nitrogen and oxygen atoms in total. The molecule has 0 radical (unpaired) electrons. The van der Waals surface area contributed by atoms with Crippen molar-refractivity contribution in [1.29, 1.82) is 0 Å². The molecule has 0 saturated heterocycles. The number of ketones is 2. The lowest BCUT2D eigenvalue weighted by Crippen LogP contribution is -2.69. The van der Waals surface area contributed by atoms with Crippen molar-refractivity contribution in [1.82, 2.24) is 0 Å². The van der Waals surface area contributed by atoms with Crippen LogP contribution in [0.5, 0.6) is 0 Å². The van der Waals surface area contributed by atoms with Crippen LogP contribution >= 0.6 is 11.6 Å². The summed E-state index contributed by atoms with van der Waals surface area (Å²) in [6.07, 6.45) is 5.88. The van der Waals surface area contributed by atoms with Crippen molar-refractivity contribution in [3.8, 4) is 0 Å². The highest BCUT2D eigenvalue weighted by molar-refractivity contribution is 7.86. The first-order chi connectivity index (χ1) is 17.1. The number of carbonyl (C=O) groups is 3. The molecule has 4 aliphatic rings. The summed E-state index contributed by atoms with van der Waals surface area (Å²) in [7, 11) is -3.94. The minimum absolute atomic E-state index is 0.0218. The van der Waals surface area contributed by atoms with Gasteiger partial charge in [-0.25, -0.2) is 4.79 Å². The third kappa shape index (κ3) is 4.28. The number of carbonyl (C=O) groups excluding carboxylic acids is 3. The van der Waals surface area contributed by atoms with Gasteiger partial charge >= 0.3 is 6.16 Å². The van der Waals surface area contributed by atoms with Crippen molar-refractivity contribution in [2.75, 3.05) is 19.5 Å². The first kappa shape index (κ1) is 28.3. The Morgan fingerprint density at radius 2 is 1.92 bits per heavy atom. The number of hydrogen-bond donors (Lipinski definition) is 1. The van der Waals surface area contributed by atoms with Gasteiger partial charge in [0.2, 0.25) is 5.78 Å². The largest absolute Gasteiger partial charge is 0.509 e. The summed E-state index contributed by atoms with van der Waals surface area (Å²) in [5.74, 6) is -1.32. The molecule has 4 rings (SSSR count). The van der Waals surface area contributed by atoms with E-state index in [-0.39, 0.29) is 37.1 Å². The third-order valence-electron chi connectivity index (χ3n) is 9.30. The number of Topliss-reactive ketones (excluding diaryl/α,β-unsaturated/α-hetero) is 1. The first-order valence-corrected chi connectivity index (χ1v) is 14.9. The summed E-state index contributed by atoms with van der Waals surface area (Å²) >= 11 is 7.41. The van der Waals surface area contributed by atoms with Gasteiger partial charge in [0.25, 0.3) is 10.1 Å². The van der Waals surface area contributed by atoms with Crippen LogP contribution in [0.4, 0.5) is 4.79 Å². The van der Waals surface area contributed by atoms with E-state index in [1.165, 1.54) is 6.08 Å². The molecule has 37 heavy (non-hydrogen) atoms. The zero-order chi connectivity index (χ0) is 27.4. The van der Waals surface area contributed by atoms with E-state index in [1.807, 2.05) is 13.8 Å². The number of fused-ring (bicyclic) bond motifs is 5. The summed E-state index contributed by atoms with van der Waals surface area (Å²) in [6, 6.07) is 0. The number of halogens is 1. The molecule has 3 saturated carbocycles. The molecule has 1 N–H and O–H groups in total. The molecule has 3 fully saturated rings. The Morgan fingerprint density at radius 1 is 1.22 bits per heavy atom. The Bertz CT molecular complexity index is 1160. The van der Waals surface area contributed by atoms with E-state index in [0.29, 0.717) is 25.7 Å². The molecule has 0 aromatic rings. The van der Waals surface area contributed by atoms with E-state index in [1.54, 1.807) is 19.1 Å². The maximum atomic E-state index is 13.7. The molecule has 0 heterocycles. The summed E-state index contributed by atoms with van der Waals surface area (Å²) in [6.45, 7) is 4.84. The zero-order valence-corrected chi connectivity index (χ0v) is 23.2.